The van der Waals surface area contributed by atoms with Crippen LogP contribution < -0.4 is 4.90 Å². The first kappa shape index (κ1) is 16.9. The molecule has 0 amide bonds. The first-order valence-electron chi connectivity index (χ1n) is 8.63. The smallest absolute Gasteiger partial charge is 0.143 e. The van der Waals surface area contributed by atoms with Crippen LogP contribution in [0.15, 0.2) is 4.52 Å². The highest BCUT2D eigenvalue weighted by Crippen LogP contribution is 2.33. The predicted molar refractivity (Wildman–Crippen MR) is 95.5 cm³/mol. The van der Waals surface area contributed by atoms with Crippen LogP contribution in [0.3, 0.4) is 0 Å². The fourth-order valence-corrected chi connectivity index (χ4v) is 3.17. The summed E-state index contributed by atoms with van der Waals surface area (Å²) in [5.41, 5.74) is 3.96. The molecule has 3 heterocycles. The largest absolute Gasteiger partial charge is 0.361 e. The SMILES string of the molecule is Cc1noc(C)c1-c1nc(C(C)C)nc(N2CCN(C)CC2)c1C. The Morgan fingerprint density at radius 1 is 1.00 bits per heavy atom. The summed E-state index contributed by atoms with van der Waals surface area (Å²) in [5.74, 6) is 3.02. The number of nitrogens with zero attached hydrogens (tertiary/aromatic N) is 5. The van der Waals surface area contributed by atoms with Crippen molar-refractivity contribution in [1.29, 1.82) is 0 Å². The molecule has 0 aromatic carbocycles. The molecule has 0 spiro atoms. The highest BCUT2D eigenvalue weighted by atomic mass is 16.5. The number of aryl methyl sites for hydroxylation is 2. The molecule has 130 valence electrons. The Morgan fingerprint density at radius 3 is 2.21 bits per heavy atom. The Morgan fingerprint density at radius 2 is 1.67 bits per heavy atom. The average Bonchev–Trinajstić information content (AvgIpc) is 2.87. The van der Waals surface area contributed by atoms with Crippen molar-refractivity contribution >= 4 is 5.82 Å². The van der Waals surface area contributed by atoms with E-state index >= 15 is 0 Å². The van der Waals surface area contributed by atoms with Gasteiger partial charge in [-0.15, -0.1) is 0 Å². The highest BCUT2D eigenvalue weighted by molar-refractivity contribution is 5.71. The number of piperazine rings is 1. The Balaban J connectivity index is 2.12. The Labute approximate surface area is 143 Å². The van der Waals surface area contributed by atoms with E-state index < -0.39 is 0 Å². The maximum atomic E-state index is 5.37. The van der Waals surface area contributed by atoms with Gasteiger partial charge in [0.15, 0.2) is 0 Å². The standard InChI is InChI=1S/C18H27N5O/c1-11(2)17-19-16(15-13(4)21-24-14(15)5)12(3)18(20-17)23-9-7-22(6)8-10-23/h11H,7-10H2,1-6H3. The summed E-state index contributed by atoms with van der Waals surface area (Å²) in [6.45, 7) is 14.4. The lowest BCUT2D eigenvalue weighted by Gasteiger charge is -2.34. The van der Waals surface area contributed by atoms with E-state index in [9.17, 15) is 0 Å². The van der Waals surface area contributed by atoms with E-state index in [-0.39, 0.29) is 5.92 Å². The number of hydrogen-bond donors (Lipinski definition) is 0. The van der Waals surface area contributed by atoms with Gasteiger partial charge in [0.1, 0.15) is 17.4 Å². The summed E-state index contributed by atoms with van der Waals surface area (Å²) >= 11 is 0. The summed E-state index contributed by atoms with van der Waals surface area (Å²) in [6.07, 6.45) is 0. The fourth-order valence-electron chi connectivity index (χ4n) is 3.17. The van der Waals surface area contributed by atoms with Crippen molar-refractivity contribution in [2.24, 2.45) is 0 Å². The molecule has 1 fully saturated rings. The maximum Gasteiger partial charge on any atom is 0.143 e. The summed E-state index contributed by atoms with van der Waals surface area (Å²) in [7, 11) is 2.17. The normalized spacial score (nSPS) is 16.2. The van der Waals surface area contributed by atoms with Crippen LogP contribution >= 0.6 is 0 Å². The topological polar surface area (TPSA) is 58.3 Å². The Hall–Kier alpha value is -1.95. The summed E-state index contributed by atoms with van der Waals surface area (Å²) in [5, 5.41) is 4.10. The lowest BCUT2D eigenvalue weighted by Crippen LogP contribution is -2.45. The zero-order valence-electron chi connectivity index (χ0n) is 15.6. The molecule has 1 aliphatic heterocycles. The number of rotatable bonds is 3. The van der Waals surface area contributed by atoms with Gasteiger partial charge in [-0.3, -0.25) is 0 Å². The number of likely N-dealkylation sites (N-methyl/N-ethyl adjacent to an activating group) is 1. The summed E-state index contributed by atoms with van der Waals surface area (Å²) in [6, 6.07) is 0. The quantitative estimate of drug-likeness (QED) is 0.863. The third kappa shape index (κ3) is 3.02. The summed E-state index contributed by atoms with van der Waals surface area (Å²) < 4.78 is 5.37. The average molecular weight is 329 g/mol. The molecule has 0 atom stereocenters. The molecule has 0 unspecified atom stereocenters. The Bertz CT molecular complexity index is 710. The maximum absolute atomic E-state index is 5.37. The van der Waals surface area contributed by atoms with Gasteiger partial charge in [-0.2, -0.15) is 0 Å². The monoisotopic (exact) mass is 329 g/mol. The molecule has 0 saturated carbocycles. The van der Waals surface area contributed by atoms with Crippen LogP contribution in [0, 0.1) is 20.8 Å². The van der Waals surface area contributed by atoms with Crippen molar-refractivity contribution in [2.45, 2.75) is 40.5 Å². The first-order chi connectivity index (χ1) is 11.4. The molecule has 6 heteroatoms. The number of hydrogen-bond acceptors (Lipinski definition) is 6. The van der Waals surface area contributed by atoms with E-state index in [1.165, 1.54) is 0 Å². The van der Waals surface area contributed by atoms with Gasteiger partial charge in [-0.25, -0.2) is 9.97 Å². The molecule has 0 radical (unpaired) electrons. The van der Waals surface area contributed by atoms with Crippen molar-refractivity contribution in [2.75, 3.05) is 38.1 Å². The van der Waals surface area contributed by atoms with Crippen LogP contribution in [0.4, 0.5) is 5.82 Å². The molecule has 0 bridgehead atoms. The van der Waals surface area contributed by atoms with Crippen molar-refractivity contribution in [1.82, 2.24) is 20.0 Å². The third-order valence-electron chi connectivity index (χ3n) is 4.73. The van der Waals surface area contributed by atoms with Crippen molar-refractivity contribution in [3.05, 3.63) is 22.8 Å². The second-order valence-corrected chi connectivity index (χ2v) is 7.02. The molecule has 0 N–H and O–H groups in total. The van der Waals surface area contributed by atoms with Gasteiger partial charge in [0.05, 0.1) is 17.0 Å². The van der Waals surface area contributed by atoms with E-state index in [0.717, 1.165) is 66.1 Å². The molecule has 24 heavy (non-hydrogen) atoms. The third-order valence-corrected chi connectivity index (χ3v) is 4.73. The van der Waals surface area contributed by atoms with Crippen LogP contribution in [-0.4, -0.2) is 53.3 Å². The second kappa shape index (κ2) is 6.51. The lowest BCUT2D eigenvalue weighted by molar-refractivity contribution is 0.311. The van der Waals surface area contributed by atoms with Gasteiger partial charge in [-0.1, -0.05) is 19.0 Å². The lowest BCUT2D eigenvalue weighted by atomic mass is 10.0. The molecule has 6 nitrogen and oxygen atoms in total. The highest BCUT2D eigenvalue weighted by Gasteiger charge is 2.24. The first-order valence-corrected chi connectivity index (χ1v) is 8.63. The van der Waals surface area contributed by atoms with Crippen LogP contribution in [0.1, 0.15) is 42.6 Å². The van der Waals surface area contributed by atoms with Gasteiger partial charge in [-0.05, 0) is 27.8 Å². The van der Waals surface area contributed by atoms with Gasteiger partial charge in [0.2, 0.25) is 0 Å². The van der Waals surface area contributed by atoms with E-state index in [1.807, 2.05) is 13.8 Å². The van der Waals surface area contributed by atoms with Crippen molar-refractivity contribution in [3.63, 3.8) is 0 Å². The van der Waals surface area contributed by atoms with Gasteiger partial charge >= 0.3 is 0 Å². The van der Waals surface area contributed by atoms with Crippen molar-refractivity contribution < 1.29 is 4.52 Å². The minimum Gasteiger partial charge on any atom is -0.361 e. The van der Waals surface area contributed by atoms with Crippen LogP contribution in [0.5, 0.6) is 0 Å². The van der Waals surface area contributed by atoms with Crippen LogP contribution in [0.2, 0.25) is 0 Å². The number of aromatic nitrogens is 3. The molecule has 3 rings (SSSR count). The van der Waals surface area contributed by atoms with Crippen LogP contribution in [0.25, 0.3) is 11.3 Å². The van der Waals surface area contributed by atoms with Gasteiger partial charge < -0.3 is 14.3 Å². The van der Waals surface area contributed by atoms with E-state index in [4.69, 9.17) is 14.5 Å². The molecule has 2 aromatic rings. The minimum atomic E-state index is 0.274. The molecular formula is C18H27N5O. The van der Waals surface area contributed by atoms with Crippen molar-refractivity contribution in [3.8, 4) is 11.3 Å². The zero-order chi connectivity index (χ0) is 17.4. The van der Waals surface area contributed by atoms with E-state index in [1.54, 1.807) is 0 Å². The second-order valence-electron chi connectivity index (χ2n) is 7.02. The summed E-state index contributed by atoms with van der Waals surface area (Å²) in [4.78, 5) is 14.5. The molecule has 1 aliphatic rings. The van der Waals surface area contributed by atoms with Gasteiger partial charge in [0, 0.05) is 37.7 Å². The molecular weight excluding hydrogens is 302 g/mol. The number of anilines is 1. The molecule has 0 aliphatic carbocycles. The minimum absolute atomic E-state index is 0.274. The van der Waals surface area contributed by atoms with Gasteiger partial charge in [0.25, 0.3) is 0 Å². The Kier molecular flexibility index (Phi) is 4.58. The van der Waals surface area contributed by atoms with E-state index in [0.29, 0.717) is 0 Å². The predicted octanol–water partition coefficient (Wildman–Crippen LogP) is 2.93. The molecule has 2 aromatic heterocycles. The van der Waals surface area contributed by atoms with E-state index in [2.05, 4.69) is 42.8 Å². The fraction of sp³-hybridized carbons (Fsp3) is 0.611. The van der Waals surface area contributed by atoms with Crippen LogP contribution in [-0.2, 0) is 0 Å². The zero-order valence-corrected chi connectivity index (χ0v) is 15.6. The molecule has 1 saturated heterocycles.